The summed E-state index contributed by atoms with van der Waals surface area (Å²) < 4.78 is 27.8. The Morgan fingerprint density at radius 3 is 2.27 bits per heavy atom. The highest BCUT2D eigenvalue weighted by molar-refractivity contribution is 7.92. The Morgan fingerprint density at radius 1 is 0.773 bits per heavy atom. The van der Waals surface area contributed by atoms with Gasteiger partial charge in [-0.15, -0.1) is 0 Å². The van der Waals surface area contributed by atoms with Gasteiger partial charge in [-0.25, -0.2) is 8.42 Å². The van der Waals surface area contributed by atoms with Gasteiger partial charge in [-0.1, -0.05) is 42.5 Å². The number of nitrogens with one attached hydrogen (secondary N) is 1. The minimum absolute atomic E-state index is 0.276. The van der Waals surface area contributed by atoms with Crippen LogP contribution in [0, 0.1) is 0 Å². The van der Waals surface area contributed by atoms with Gasteiger partial charge in [0.05, 0.1) is 10.6 Å². The maximum absolute atomic E-state index is 12.5. The van der Waals surface area contributed by atoms with E-state index in [2.05, 4.69) is 10.8 Å². The third-order valence-corrected chi connectivity index (χ3v) is 5.56. The van der Waals surface area contributed by atoms with Gasteiger partial charge in [0.15, 0.2) is 0 Å². The summed E-state index contributed by atoms with van der Waals surface area (Å²) in [5.41, 5.74) is 3.24. The van der Waals surface area contributed by atoms with E-state index in [0.29, 0.717) is 5.69 Å². The van der Waals surface area contributed by atoms with Gasteiger partial charge in [-0.05, 0) is 47.6 Å². The molecule has 0 spiro atoms. The Labute approximate surface area is 129 Å². The van der Waals surface area contributed by atoms with Crippen molar-refractivity contribution in [1.29, 1.82) is 0 Å². The Kier molecular flexibility index (Phi) is 2.94. The van der Waals surface area contributed by atoms with Crippen molar-refractivity contribution < 1.29 is 8.42 Å². The molecule has 0 saturated heterocycles. The molecule has 0 radical (unpaired) electrons. The maximum Gasteiger partial charge on any atom is 0.261 e. The lowest BCUT2D eigenvalue weighted by atomic mass is 10.0. The lowest BCUT2D eigenvalue weighted by molar-refractivity contribution is 0.601. The molecular formula is C18H15NO2S. The molecule has 1 N–H and O–H groups in total. The summed E-state index contributed by atoms with van der Waals surface area (Å²) in [7, 11) is -3.56. The zero-order valence-corrected chi connectivity index (χ0v) is 12.7. The predicted molar refractivity (Wildman–Crippen MR) is 88.6 cm³/mol. The van der Waals surface area contributed by atoms with E-state index in [1.807, 2.05) is 24.3 Å². The van der Waals surface area contributed by atoms with Crippen LogP contribution in [-0.2, 0) is 22.9 Å². The van der Waals surface area contributed by atoms with E-state index in [1.54, 1.807) is 30.3 Å². The van der Waals surface area contributed by atoms with Crippen molar-refractivity contribution in [3.8, 4) is 0 Å². The minimum Gasteiger partial charge on any atom is -0.279 e. The van der Waals surface area contributed by atoms with Crippen LogP contribution in [0.4, 0.5) is 5.69 Å². The highest BCUT2D eigenvalue weighted by atomic mass is 32.2. The van der Waals surface area contributed by atoms with E-state index in [0.717, 1.165) is 18.2 Å². The smallest absolute Gasteiger partial charge is 0.261 e. The minimum atomic E-state index is -3.56. The zero-order valence-electron chi connectivity index (χ0n) is 11.9. The Morgan fingerprint density at radius 2 is 1.50 bits per heavy atom. The maximum atomic E-state index is 12.5. The highest BCUT2D eigenvalue weighted by Crippen LogP contribution is 2.35. The SMILES string of the molecule is O=S(=O)(Nc1ccc2c3c(cccc13)CC2)c1ccccc1. The summed E-state index contributed by atoms with van der Waals surface area (Å²) in [5, 5.41) is 2.18. The zero-order chi connectivity index (χ0) is 15.2. The molecule has 1 aliphatic rings. The predicted octanol–water partition coefficient (Wildman–Crippen LogP) is 3.74. The average Bonchev–Trinajstić information content (AvgIpc) is 2.96. The van der Waals surface area contributed by atoms with Gasteiger partial charge in [0.25, 0.3) is 10.0 Å². The van der Waals surface area contributed by atoms with Crippen molar-refractivity contribution in [3.05, 3.63) is 71.8 Å². The first-order valence-electron chi connectivity index (χ1n) is 7.26. The van der Waals surface area contributed by atoms with Gasteiger partial charge >= 0.3 is 0 Å². The third kappa shape index (κ3) is 2.07. The van der Waals surface area contributed by atoms with Gasteiger partial charge in [-0.3, -0.25) is 4.72 Å². The molecule has 0 unspecified atom stereocenters. The fourth-order valence-corrected chi connectivity index (χ4v) is 4.24. The second-order valence-electron chi connectivity index (χ2n) is 5.53. The Balaban J connectivity index is 1.84. The second kappa shape index (κ2) is 4.85. The lowest BCUT2D eigenvalue weighted by Crippen LogP contribution is -2.13. The van der Waals surface area contributed by atoms with Crippen LogP contribution in [0.2, 0.25) is 0 Å². The van der Waals surface area contributed by atoms with E-state index in [-0.39, 0.29) is 4.90 Å². The summed E-state index contributed by atoms with van der Waals surface area (Å²) in [6.45, 7) is 0. The molecule has 0 bridgehead atoms. The monoisotopic (exact) mass is 309 g/mol. The molecule has 3 aromatic carbocycles. The average molecular weight is 309 g/mol. The quantitative estimate of drug-likeness (QED) is 0.801. The topological polar surface area (TPSA) is 46.2 Å². The molecule has 0 amide bonds. The first-order chi connectivity index (χ1) is 10.6. The van der Waals surface area contributed by atoms with Crippen molar-refractivity contribution in [1.82, 2.24) is 0 Å². The summed E-state index contributed by atoms with van der Waals surface area (Å²) in [6.07, 6.45) is 2.06. The molecule has 0 fully saturated rings. The summed E-state index contributed by atoms with van der Waals surface area (Å²) >= 11 is 0. The number of aryl methyl sites for hydroxylation is 2. The van der Waals surface area contributed by atoms with Crippen molar-refractivity contribution in [2.45, 2.75) is 17.7 Å². The molecule has 3 aromatic rings. The molecule has 0 heterocycles. The number of benzene rings is 3. The molecule has 4 heteroatoms. The van der Waals surface area contributed by atoms with E-state index < -0.39 is 10.0 Å². The standard InChI is InChI=1S/C18H15NO2S/c20-22(21,15-6-2-1-3-7-15)19-17-12-11-14-10-9-13-5-4-8-16(17)18(13)14/h1-8,11-12,19H,9-10H2. The number of hydrogen-bond donors (Lipinski definition) is 1. The van der Waals surface area contributed by atoms with E-state index in [9.17, 15) is 8.42 Å². The normalized spacial score (nSPS) is 13.5. The molecule has 110 valence electrons. The van der Waals surface area contributed by atoms with Crippen molar-refractivity contribution in [2.24, 2.45) is 0 Å². The van der Waals surface area contributed by atoms with Gasteiger partial charge in [0.1, 0.15) is 0 Å². The third-order valence-electron chi connectivity index (χ3n) is 4.17. The fourth-order valence-electron chi connectivity index (χ4n) is 3.14. The van der Waals surface area contributed by atoms with Crippen molar-refractivity contribution in [2.75, 3.05) is 4.72 Å². The Hall–Kier alpha value is -2.33. The van der Waals surface area contributed by atoms with Crippen LogP contribution >= 0.6 is 0 Å². The molecule has 22 heavy (non-hydrogen) atoms. The summed E-state index contributed by atoms with van der Waals surface area (Å²) in [5.74, 6) is 0. The van der Waals surface area contributed by atoms with Crippen molar-refractivity contribution in [3.63, 3.8) is 0 Å². The highest BCUT2D eigenvalue weighted by Gasteiger charge is 2.19. The first-order valence-corrected chi connectivity index (χ1v) is 8.75. The summed E-state index contributed by atoms with van der Waals surface area (Å²) in [4.78, 5) is 0.276. The molecular weight excluding hydrogens is 294 g/mol. The van der Waals surface area contributed by atoms with Gasteiger partial charge < -0.3 is 0 Å². The lowest BCUT2D eigenvalue weighted by Gasteiger charge is -2.12. The van der Waals surface area contributed by atoms with E-state index in [4.69, 9.17) is 0 Å². The van der Waals surface area contributed by atoms with Crippen molar-refractivity contribution >= 4 is 26.5 Å². The fraction of sp³-hybridized carbons (Fsp3) is 0.111. The van der Waals surface area contributed by atoms with E-state index in [1.165, 1.54) is 16.5 Å². The first kappa shape index (κ1) is 13.3. The molecule has 0 atom stereocenters. The van der Waals surface area contributed by atoms with Crippen LogP contribution in [0.5, 0.6) is 0 Å². The second-order valence-corrected chi connectivity index (χ2v) is 7.21. The molecule has 0 aliphatic heterocycles. The summed E-state index contributed by atoms with van der Waals surface area (Å²) in [6, 6.07) is 18.4. The van der Waals surface area contributed by atoms with Crippen LogP contribution in [-0.4, -0.2) is 8.42 Å². The molecule has 4 rings (SSSR count). The Bertz CT molecular complexity index is 953. The number of sulfonamides is 1. The largest absolute Gasteiger partial charge is 0.279 e. The number of anilines is 1. The molecule has 0 saturated carbocycles. The van der Waals surface area contributed by atoms with Crippen LogP contribution in [0.15, 0.2) is 65.6 Å². The van der Waals surface area contributed by atoms with Gasteiger partial charge in [0, 0.05) is 5.39 Å². The van der Waals surface area contributed by atoms with Crippen LogP contribution in [0.25, 0.3) is 10.8 Å². The number of hydrogen-bond acceptors (Lipinski definition) is 2. The van der Waals surface area contributed by atoms with Gasteiger partial charge in [0.2, 0.25) is 0 Å². The van der Waals surface area contributed by atoms with E-state index >= 15 is 0 Å². The molecule has 0 aromatic heterocycles. The van der Waals surface area contributed by atoms with Crippen LogP contribution in [0.3, 0.4) is 0 Å². The number of rotatable bonds is 3. The van der Waals surface area contributed by atoms with Crippen LogP contribution < -0.4 is 4.72 Å². The molecule has 1 aliphatic carbocycles. The molecule has 3 nitrogen and oxygen atoms in total. The van der Waals surface area contributed by atoms with Crippen LogP contribution in [0.1, 0.15) is 11.1 Å². The van der Waals surface area contributed by atoms with Gasteiger partial charge in [-0.2, -0.15) is 0 Å².